The number of hydrogen-bond donors (Lipinski definition) is 2. The average Bonchev–Trinajstić information content (AvgIpc) is 2.32. The monoisotopic (exact) mass is 248 g/mol. The molecule has 0 aliphatic heterocycles. The number of hydrogen-bond acceptors (Lipinski definition) is 3. The summed E-state index contributed by atoms with van der Waals surface area (Å²) in [4.78, 5) is 0. The molecule has 4 heteroatoms. The van der Waals surface area contributed by atoms with Crippen LogP contribution in [0.4, 0.5) is 0 Å². The van der Waals surface area contributed by atoms with Crippen molar-refractivity contribution in [2.24, 2.45) is 5.92 Å². The van der Waals surface area contributed by atoms with E-state index in [0.717, 1.165) is 24.3 Å². The van der Waals surface area contributed by atoms with Gasteiger partial charge in [0.05, 0.1) is 6.10 Å². The minimum Gasteiger partial charge on any atom is -0.491 e. The Hall–Kier alpha value is -0.995. The molecule has 98 valence electrons. The van der Waals surface area contributed by atoms with Gasteiger partial charge in [-0.15, -0.1) is 0 Å². The lowest BCUT2D eigenvalue weighted by molar-refractivity contribution is 0.136. The lowest BCUT2D eigenvalue weighted by Gasteiger charge is -2.27. The highest BCUT2D eigenvalue weighted by Crippen LogP contribution is 2.27. The zero-order chi connectivity index (χ0) is 13.1. The second-order valence-corrected chi connectivity index (χ2v) is 5.41. The summed E-state index contributed by atoms with van der Waals surface area (Å²) in [5.74, 6) is 1.40. The highest BCUT2D eigenvalue weighted by atomic mass is 16.5. The van der Waals surface area contributed by atoms with Gasteiger partial charge >= 0.3 is 7.12 Å². The average molecular weight is 248 g/mol. The number of benzene rings is 1. The Labute approximate surface area is 109 Å². The van der Waals surface area contributed by atoms with E-state index >= 15 is 0 Å². The van der Waals surface area contributed by atoms with Gasteiger partial charge in [-0.3, -0.25) is 0 Å². The van der Waals surface area contributed by atoms with E-state index in [1.165, 1.54) is 12.8 Å². The van der Waals surface area contributed by atoms with Crippen molar-refractivity contribution in [2.75, 3.05) is 0 Å². The van der Waals surface area contributed by atoms with Gasteiger partial charge in [0.1, 0.15) is 5.75 Å². The normalized spacial score (nSPS) is 23.8. The molecule has 0 saturated heterocycles. The van der Waals surface area contributed by atoms with Crippen molar-refractivity contribution in [1.82, 2.24) is 0 Å². The third kappa shape index (κ3) is 3.27. The number of ether oxygens (including phenoxy) is 1. The van der Waals surface area contributed by atoms with Crippen molar-refractivity contribution in [2.45, 2.75) is 45.6 Å². The van der Waals surface area contributed by atoms with E-state index in [-0.39, 0.29) is 6.10 Å². The third-order valence-electron chi connectivity index (χ3n) is 3.70. The molecule has 0 unspecified atom stereocenters. The fraction of sp³-hybridized carbons (Fsp3) is 0.571. The zero-order valence-electron chi connectivity index (χ0n) is 11.1. The lowest BCUT2D eigenvalue weighted by Crippen LogP contribution is -2.34. The SMILES string of the molecule is Cc1ccc(B(O)O)c(OC2CCC(C)CC2)c1. The molecular formula is C14H21BO3. The first-order chi connectivity index (χ1) is 8.56. The van der Waals surface area contributed by atoms with Crippen molar-refractivity contribution >= 4 is 12.6 Å². The van der Waals surface area contributed by atoms with E-state index in [0.29, 0.717) is 11.2 Å². The van der Waals surface area contributed by atoms with Gasteiger partial charge in [0.2, 0.25) is 0 Å². The molecule has 2 N–H and O–H groups in total. The molecule has 1 aliphatic carbocycles. The van der Waals surface area contributed by atoms with Crippen molar-refractivity contribution in [3.63, 3.8) is 0 Å². The maximum atomic E-state index is 9.34. The van der Waals surface area contributed by atoms with Crippen LogP contribution in [0.25, 0.3) is 0 Å². The van der Waals surface area contributed by atoms with Gasteiger partial charge < -0.3 is 14.8 Å². The van der Waals surface area contributed by atoms with Crippen LogP contribution in [0, 0.1) is 12.8 Å². The van der Waals surface area contributed by atoms with Crippen LogP contribution in [0.2, 0.25) is 0 Å². The molecule has 0 amide bonds. The molecule has 0 bridgehead atoms. The summed E-state index contributed by atoms with van der Waals surface area (Å²) < 4.78 is 5.96. The van der Waals surface area contributed by atoms with E-state index < -0.39 is 7.12 Å². The predicted octanol–water partition coefficient (Wildman–Crippen LogP) is 1.63. The second kappa shape index (κ2) is 5.76. The van der Waals surface area contributed by atoms with Crippen LogP contribution >= 0.6 is 0 Å². The Morgan fingerprint density at radius 3 is 2.44 bits per heavy atom. The number of aryl methyl sites for hydroxylation is 1. The Balaban J connectivity index is 2.10. The maximum Gasteiger partial charge on any atom is 0.492 e. The summed E-state index contributed by atoms with van der Waals surface area (Å²) in [6.07, 6.45) is 4.69. The third-order valence-corrected chi connectivity index (χ3v) is 3.70. The van der Waals surface area contributed by atoms with Gasteiger partial charge in [-0.05, 0) is 50.2 Å². The van der Waals surface area contributed by atoms with Gasteiger partial charge in [-0.2, -0.15) is 0 Å². The van der Waals surface area contributed by atoms with Crippen molar-refractivity contribution in [1.29, 1.82) is 0 Å². The molecule has 1 aliphatic rings. The fourth-order valence-electron chi connectivity index (χ4n) is 2.48. The summed E-state index contributed by atoms with van der Waals surface area (Å²) in [5, 5.41) is 18.7. The Morgan fingerprint density at radius 1 is 1.17 bits per heavy atom. The van der Waals surface area contributed by atoms with Gasteiger partial charge in [-0.25, -0.2) is 0 Å². The first-order valence-corrected chi connectivity index (χ1v) is 6.69. The summed E-state index contributed by atoms with van der Waals surface area (Å²) in [6.45, 7) is 4.25. The second-order valence-electron chi connectivity index (χ2n) is 5.41. The summed E-state index contributed by atoms with van der Waals surface area (Å²) >= 11 is 0. The van der Waals surface area contributed by atoms with Gasteiger partial charge in [0.15, 0.2) is 0 Å². The minimum atomic E-state index is -1.47. The molecule has 0 radical (unpaired) electrons. The molecule has 1 saturated carbocycles. The molecular weight excluding hydrogens is 227 g/mol. The molecule has 0 aromatic heterocycles. The molecule has 1 aromatic rings. The molecule has 3 nitrogen and oxygen atoms in total. The Kier molecular flexibility index (Phi) is 4.30. The molecule has 0 atom stereocenters. The van der Waals surface area contributed by atoms with Crippen molar-refractivity contribution in [3.05, 3.63) is 23.8 Å². The summed E-state index contributed by atoms with van der Waals surface area (Å²) in [5.41, 5.74) is 1.53. The lowest BCUT2D eigenvalue weighted by atomic mass is 9.79. The smallest absolute Gasteiger partial charge is 0.491 e. The van der Waals surface area contributed by atoms with Gasteiger partial charge in [0.25, 0.3) is 0 Å². The Morgan fingerprint density at radius 2 is 1.83 bits per heavy atom. The molecule has 0 spiro atoms. The first kappa shape index (κ1) is 13.4. The largest absolute Gasteiger partial charge is 0.492 e. The fourth-order valence-corrected chi connectivity index (χ4v) is 2.48. The molecule has 0 heterocycles. The van der Waals surface area contributed by atoms with E-state index in [1.807, 2.05) is 19.1 Å². The molecule has 18 heavy (non-hydrogen) atoms. The highest BCUT2D eigenvalue weighted by Gasteiger charge is 2.23. The molecule has 1 fully saturated rings. The van der Waals surface area contributed by atoms with E-state index in [4.69, 9.17) is 4.74 Å². The van der Waals surface area contributed by atoms with E-state index in [1.54, 1.807) is 6.07 Å². The maximum absolute atomic E-state index is 9.34. The van der Waals surface area contributed by atoms with Gasteiger partial charge in [-0.1, -0.05) is 19.1 Å². The highest BCUT2D eigenvalue weighted by molar-refractivity contribution is 6.59. The zero-order valence-corrected chi connectivity index (χ0v) is 11.1. The van der Waals surface area contributed by atoms with Crippen LogP contribution < -0.4 is 10.2 Å². The predicted molar refractivity (Wildman–Crippen MR) is 73.1 cm³/mol. The quantitative estimate of drug-likeness (QED) is 0.799. The van der Waals surface area contributed by atoms with Gasteiger partial charge in [0, 0.05) is 5.46 Å². The molecule has 2 rings (SSSR count). The van der Waals surface area contributed by atoms with Crippen LogP contribution in [0.5, 0.6) is 5.75 Å². The van der Waals surface area contributed by atoms with Crippen LogP contribution in [-0.2, 0) is 0 Å². The summed E-state index contributed by atoms with van der Waals surface area (Å²) in [6, 6.07) is 5.47. The van der Waals surface area contributed by atoms with E-state index in [9.17, 15) is 10.0 Å². The molecule has 1 aromatic carbocycles. The van der Waals surface area contributed by atoms with Crippen molar-refractivity contribution < 1.29 is 14.8 Å². The van der Waals surface area contributed by atoms with Crippen LogP contribution in [-0.4, -0.2) is 23.3 Å². The van der Waals surface area contributed by atoms with Crippen LogP contribution in [0.1, 0.15) is 38.2 Å². The van der Waals surface area contributed by atoms with Crippen molar-refractivity contribution in [3.8, 4) is 5.75 Å². The Bertz CT molecular complexity index is 398. The first-order valence-electron chi connectivity index (χ1n) is 6.69. The van der Waals surface area contributed by atoms with Crippen LogP contribution in [0.3, 0.4) is 0 Å². The standard InChI is InChI=1S/C14H21BO3/c1-10-3-6-12(7-4-10)18-14-9-11(2)5-8-13(14)15(16)17/h5,8-10,12,16-17H,3-4,6-7H2,1-2H3. The minimum absolute atomic E-state index is 0.209. The summed E-state index contributed by atoms with van der Waals surface area (Å²) in [7, 11) is -1.47. The number of rotatable bonds is 3. The van der Waals surface area contributed by atoms with E-state index in [2.05, 4.69) is 6.92 Å². The topological polar surface area (TPSA) is 49.7 Å². The van der Waals surface area contributed by atoms with Crippen LogP contribution in [0.15, 0.2) is 18.2 Å².